The number of halogens is 1. The fourth-order valence-electron chi connectivity index (χ4n) is 2.83. The topological polar surface area (TPSA) is 28.2 Å². The van der Waals surface area contributed by atoms with E-state index in [1.165, 1.54) is 103 Å². The van der Waals surface area contributed by atoms with Crippen LogP contribution in [0.2, 0.25) is 0 Å². The van der Waals surface area contributed by atoms with Crippen LogP contribution in [0.1, 0.15) is 130 Å². The molecule has 172 valence electrons. The second kappa shape index (κ2) is 39.1. The molecule has 0 fully saturated rings. The summed E-state index contributed by atoms with van der Waals surface area (Å²) in [6.45, 7) is 13.4. The van der Waals surface area contributed by atoms with Gasteiger partial charge in [0.1, 0.15) is 0 Å². The molecular weight excluding hydrogens is 496 g/mol. The van der Waals surface area contributed by atoms with E-state index in [2.05, 4.69) is 38.3 Å². The standard InChI is InChI=1S/2C12H26N.ClH.Nd/c2*1-3-5-7-9-11-13-12-10-8-6-4-2;;/h2*3-12H2,1-2H3;1H;/q2*-1;;. The van der Waals surface area contributed by atoms with Gasteiger partial charge in [0, 0.05) is 40.8 Å². The average molecular weight is 549 g/mol. The van der Waals surface area contributed by atoms with Crippen LogP contribution in [0.3, 0.4) is 0 Å². The molecule has 0 N–H and O–H groups in total. The summed E-state index contributed by atoms with van der Waals surface area (Å²) in [6.07, 6.45) is 21.5. The van der Waals surface area contributed by atoms with E-state index in [0.29, 0.717) is 0 Å². The zero-order valence-corrected chi connectivity index (χ0v) is 24.0. The minimum Gasteiger partial charge on any atom is -0.662 e. The molecule has 4 heteroatoms. The molecule has 0 aliphatic rings. The summed E-state index contributed by atoms with van der Waals surface area (Å²) in [6, 6.07) is 0. The summed E-state index contributed by atoms with van der Waals surface area (Å²) in [4.78, 5) is 0. The van der Waals surface area contributed by atoms with Gasteiger partial charge in [0.05, 0.1) is 0 Å². The number of hydrogen-bond acceptors (Lipinski definition) is 0. The predicted octanol–water partition coefficient (Wildman–Crippen LogP) is 9.46. The third-order valence-corrected chi connectivity index (χ3v) is 4.68. The quantitative estimate of drug-likeness (QED) is 0.135. The van der Waals surface area contributed by atoms with Gasteiger partial charge in [-0.2, -0.15) is 0 Å². The molecule has 0 atom stereocenters. The van der Waals surface area contributed by atoms with Crippen molar-refractivity contribution in [3.8, 4) is 0 Å². The summed E-state index contributed by atoms with van der Waals surface area (Å²) >= 11 is 0. The Labute approximate surface area is 218 Å². The summed E-state index contributed by atoms with van der Waals surface area (Å²) in [7, 11) is 0. The molecule has 0 amide bonds. The molecule has 0 aliphatic carbocycles. The van der Waals surface area contributed by atoms with E-state index in [1.54, 1.807) is 0 Å². The van der Waals surface area contributed by atoms with E-state index >= 15 is 0 Å². The van der Waals surface area contributed by atoms with Gasteiger partial charge < -0.3 is 10.6 Å². The van der Waals surface area contributed by atoms with Crippen LogP contribution in [0.4, 0.5) is 0 Å². The maximum Gasteiger partial charge on any atom is 0 e. The van der Waals surface area contributed by atoms with Gasteiger partial charge in [0.15, 0.2) is 0 Å². The molecular formula is C24H53ClN2Nd-2. The van der Waals surface area contributed by atoms with Crippen LogP contribution in [-0.4, -0.2) is 26.2 Å². The molecule has 0 saturated heterocycles. The van der Waals surface area contributed by atoms with Crippen molar-refractivity contribution < 1.29 is 40.8 Å². The van der Waals surface area contributed by atoms with Gasteiger partial charge in [0.2, 0.25) is 0 Å². The fraction of sp³-hybridized carbons (Fsp3) is 1.00. The monoisotopic (exact) mass is 546 g/mol. The van der Waals surface area contributed by atoms with Crippen molar-refractivity contribution in [1.29, 1.82) is 0 Å². The zero-order chi connectivity index (χ0) is 19.6. The van der Waals surface area contributed by atoms with E-state index in [0.717, 1.165) is 26.2 Å². The normalized spacial score (nSPS) is 9.86. The molecule has 0 spiro atoms. The van der Waals surface area contributed by atoms with Gasteiger partial charge in [-0.1, -0.05) is 130 Å². The Morgan fingerprint density at radius 2 is 0.571 bits per heavy atom. The Morgan fingerprint density at radius 3 is 0.750 bits per heavy atom. The number of nitrogens with zero attached hydrogens (tertiary/aromatic N) is 2. The van der Waals surface area contributed by atoms with Crippen molar-refractivity contribution in [2.45, 2.75) is 130 Å². The smallest absolute Gasteiger partial charge is 0 e. The van der Waals surface area contributed by atoms with Crippen LogP contribution in [-0.2, 0) is 0 Å². The van der Waals surface area contributed by atoms with E-state index in [-0.39, 0.29) is 53.2 Å². The summed E-state index contributed by atoms with van der Waals surface area (Å²) in [5, 5.41) is 9.03. The minimum atomic E-state index is 0. The summed E-state index contributed by atoms with van der Waals surface area (Å²) in [5.41, 5.74) is 0. The first kappa shape index (κ1) is 36.9. The van der Waals surface area contributed by atoms with E-state index in [1.807, 2.05) is 0 Å². The second-order valence-electron chi connectivity index (χ2n) is 7.58. The third-order valence-electron chi connectivity index (χ3n) is 4.68. The Morgan fingerprint density at radius 1 is 0.357 bits per heavy atom. The van der Waals surface area contributed by atoms with E-state index in [9.17, 15) is 0 Å². The fourth-order valence-corrected chi connectivity index (χ4v) is 2.83. The average Bonchev–Trinajstić information content (AvgIpc) is 2.66. The molecule has 0 bridgehead atoms. The molecule has 0 aromatic rings. The van der Waals surface area contributed by atoms with Crippen LogP contribution in [0.5, 0.6) is 0 Å². The number of rotatable bonds is 20. The van der Waals surface area contributed by atoms with Crippen LogP contribution < -0.4 is 0 Å². The van der Waals surface area contributed by atoms with Gasteiger partial charge in [0.25, 0.3) is 0 Å². The van der Waals surface area contributed by atoms with Crippen molar-refractivity contribution in [3.05, 3.63) is 10.6 Å². The van der Waals surface area contributed by atoms with Crippen molar-refractivity contribution in [2.75, 3.05) is 26.2 Å². The van der Waals surface area contributed by atoms with Crippen molar-refractivity contribution in [2.24, 2.45) is 0 Å². The molecule has 0 unspecified atom stereocenters. The molecule has 0 aromatic heterocycles. The van der Waals surface area contributed by atoms with Crippen LogP contribution in [0.25, 0.3) is 10.6 Å². The first-order valence-electron chi connectivity index (χ1n) is 12.1. The van der Waals surface area contributed by atoms with Gasteiger partial charge in [-0.25, -0.2) is 0 Å². The first-order valence-corrected chi connectivity index (χ1v) is 12.1. The van der Waals surface area contributed by atoms with Crippen molar-refractivity contribution in [3.63, 3.8) is 0 Å². The van der Waals surface area contributed by atoms with Gasteiger partial charge in [-0.05, 0) is 0 Å². The van der Waals surface area contributed by atoms with Crippen LogP contribution in [0.15, 0.2) is 0 Å². The summed E-state index contributed by atoms with van der Waals surface area (Å²) in [5.74, 6) is 0. The predicted molar refractivity (Wildman–Crippen MR) is 130 cm³/mol. The van der Waals surface area contributed by atoms with Gasteiger partial charge >= 0.3 is 0 Å². The number of hydrogen-bond donors (Lipinski definition) is 0. The Kier molecular flexibility index (Phi) is 51.5. The first-order chi connectivity index (χ1) is 12.8. The molecule has 0 aliphatic heterocycles. The van der Waals surface area contributed by atoms with E-state index < -0.39 is 0 Å². The maximum atomic E-state index is 4.51. The van der Waals surface area contributed by atoms with E-state index in [4.69, 9.17) is 0 Å². The molecule has 0 rings (SSSR count). The molecule has 0 heterocycles. The Balaban J connectivity index is -0.000000192. The third kappa shape index (κ3) is 41.8. The second-order valence-corrected chi connectivity index (χ2v) is 7.58. The SMILES string of the molecule is CCCCCC[N-]CCCCCC.CCCCCC[N-]CCCCCC.Cl.[Nd]. The molecule has 0 radical (unpaired) electrons. The van der Waals surface area contributed by atoms with Gasteiger partial charge in [-0.15, -0.1) is 38.6 Å². The van der Waals surface area contributed by atoms with Gasteiger partial charge in [-0.3, -0.25) is 0 Å². The molecule has 0 aromatic carbocycles. The molecule has 0 saturated carbocycles. The molecule has 28 heavy (non-hydrogen) atoms. The largest absolute Gasteiger partial charge is 0.662 e. The van der Waals surface area contributed by atoms with Crippen LogP contribution >= 0.6 is 12.4 Å². The Bertz CT molecular complexity index is 177. The summed E-state index contributed by atoms with van der Waals surface area (Å²) < 4.78 is 0. The maximum absolute atomic E-state index is 4.51. The number of unbranched alkanes of at least 4 members (excludes halogenated alkanes) is 12. The molecule has 2 nitrogen and oxygen atoms in total. The van der Waals surface area contributed by atoms with Crippen molar-refractivity contribution >= 4 is 12.4 Å². The minimum absolute atomic E-state index is 0. The Hall–Kier alpha value is 1.56. The zero-order valence-electron chi connectivity index (χ0n) is 19.9. The van der Waals surface area contributed by atoms with Crippen molar-refractivity contribution in [1.82, 2.24) is 0 Å². The van der Waals surface area contributed by atoms with Crippen LogP contribution in [0, 0.1) is 40.8 Å².